The Bertz CT molecular complexity index is 1140. The van der Waals surface area contributed by atoms with Crippen molar-refractivity contribution in [2.75, 3.05) is 29.4 Å². The number of rotatable bonds is 5. The molecular formula is C20H18FN5O4S. The van der Waals surface area contributed by atoms with Crippen LogP contribution in [0.2, 0.25) is 0 Å². The van der Waals surface area contributed by atoms with Gasteiger partial charge in [-0.25, -0.2) is 9.37 Å². The molecule has 0 aliphatic carbocycles. The molecule has 0 unspecified atom stereocenters. The van der Waals surface area contributed by atoms with E-state index in [2.05, 4.69) is 9.88 Å². The molecule has 9 nitrogen and oxygen atoms in total. The average Bonchev–Trinajstić information content (AvgIpc) is 3.23. The van der Waals surface area contributed by atoms with E-state index < -0.39 is 9.85 Å². The van der Waals surface area contributed by atoms with E-state index in [4.69, 9.17) is 0 Å². The van der Waals surface area contributed by atoms with Crippen LogP contribution in [0.15, 0.2) is 47.8 Å². The number of piperazine rings is 1. The third-order valence-corrected chi connectivity index (χ3v) is 6.09. The molecule has 0 amide bonds. The minimum absolute atomic E-state index is 0.00997. The fourth-order valence-electron chi connectivity index (χ4n) is 3.65. The zero-order chi connectivity index (χ0) is 22.1. The maximum atomic E-state index is 13.2. The molecule has 0 bridgehead atoms. The van der Waals surface area contributed by atoms with Gasteiger partial charge in [-0.15, -0.1) is 11.3 Å². The summed E-state index contributed by atoms with van der Waals surface area (Å²) in [7, 11) is 0. The summed E-state index contributed by atoms with van der Waals surface area (Å²) in [6.45, 7) is 3.60. The van der Waals surface area contributed by atoms with Crippen molar-refractivity contribution in [3.63, 3.8) is 0 Å². The lowest BCUT2D eigenvalue weighted by atomic mass is 10.1. The van der Waals surface area contributed by atoms with Crippen molar-refractivity contribution in [3.8, 4) is 11.3 Å². The van der Waals surface area contributed by atoms with E-state index in [1.54, 1.807) is 12.1 Å². The number of benzene rings is 2. The molecule has 160 valence electrons. The van der Waals surface area contributed by atoms with Crippen molar-refractivity contribution in [3.05, 3.63) is 73.9 Å². The number of hydrogen-bond acceptors (Lipinski definition) is 8. The number of hydrogen-bond donors (Lipinski definition) is 0. The van der Waals surface area contributed by atoms with Gasteiger partial charge in [-0.2, -0.15) is 0 Å². The van der Waals surface area contributed by atoms with E-state index in [9.17, 15) is 24.6 Å². The molecule has 1 saturated heterocycles. The minimum atomic E-state index is -0.640. The Morgan fingerprint density at radius 1 is 1.10 bits per heavy atom. The summed E-state index contributed by atoms with van der Waals surface area (Å²) in [5, 5.41) is 25.2. The Hall–Kier alpha value is -3.60. The van der Waals surface area contributed by atoms with Crippen molar-refractivity contribution >= 4 is 33.5 Å². The lowest BCUT2D eigenvalue weighted by molar-refractivity contribution is -0.393. The molecule has 1 atom stereocenters. The molecule has 1 aliphatic rings. The van der Waals surface area contributed by atoms with Crippen molar-refractivity contribution in [1.82, 2.24) is 4.98 Å². The highest BCUT2D eigenvalue weighted by Crippen LogP contribution is 2.35. The highest BCUT2D eigenvalue weighted by molar-refractivity contribution is 7.14. The molecule has 2 heterocycles. The number of nitrogens with zero attached hydrogens (tertiary/aromatic N) is 5. The van der Waals surface area contributed by atoms with Gasteiger partial charge >= 0.3 is 0 Å². The lowest BCUT2D eigenvalue weighted by Gasteiger charge is -2.40. The summed E-state index contributed by atoms with van der Waals surface area (Å²) in [5.74, 6) is -0.302. The standard InChI is InChI=1S/C20H18FN5O4S/c1-13-11-23(18-7-6-16(25(27)28)10-19(18)26(29)30)8-9-24(13)20-22-17(12-31-20)14-2-4-15(21)5-3-14/h2-7,10,12-13H,8-9,11H2,1H3/t13-/m0/s1. The van der Waals surface area contributed by atoms with Crippen LogP contribution in [0.1, 0.15) is 6.92 Å². The van der Waals surface area contributed by atoms with Crippen LogP contribution in [0, 0.1) is 26.0 Å². The topological polar surface area (TPSA) is 106 Å². The predicted octanol–water partition coefficient (Wildman–Crippen LogP) is 4.48. The number of non-ortho nitro benzene ring substituents is 1. The molecule has 3 aromatic rings. The first-order valence-corrected chi connectivity index (χ1v) is 10.4. The van der Waals surface area contributed by atoms with E-state index in [0.29, 0.717) is 25.3 Å². The van der Waals surface area contributed by atoms with Gasteiger partial charge < -0.3 is 9.80 Å². The third kappa shape index (κ3) is 4.17. The molecule has 0 spiro atoms. The smallest absolute Gasteiger partial charge is 0.299 e. The van der Waals surface area contributed by atoms with Gasteiger partial charge in [0, 0.05) is 42.7 Å². The zero-order valence-electron chi connectivity index (χ0n) is 16.5. The molecule has 4 rings (SSSR count). The lowest BCUT2D eigenvalue weighted by Crippen LogP contribution is -2.52. The van der Waals surface area contributed by atoms with E-state index >= 15 is 0 Å². The van der Waals surface area contributed by atoms with E-state index in [0.717, 1.165) is 22.5 Å². The number of aromatic nitrogens is 1. The monoisotopic (exact) mass is 443 g/mol. The molecular weight excluding hydrogens is 425 g/mol. The fourth-order valence-corrected chi connectivity index (χ4v) is 4.61. The van der Waals surface area contributed by atoms with Crippen LogP contribution in [-0.4, -0.2) is 40.5 Å². The number of anilines is 2. The van der Waals surface area contributed by atoms with Gasteiger partial charge in [0.05, 0.1) is 21.6 Å². The Morgan fingerprint density at radius 2 is 1.84 bits per heavy atom. The van der Waals surface area contributed by atoms with Crippen molar-refractivity contribution in [2.24, 2.45) is 0 Å². The van der Waals surface area contributed by atoms with Gasteiger partial charge in [-0.1, -0.05) is 0 Å². The minimum Gasteiger partial charge on any atom is -0.362 e. The van der Waals surface area contributed by atoms with Crippen LogP contribution < -0.4 is 9.80 Å². The summed E-state index contributed by atoms with van der Waals surface area (Å²) in [4.78, 5) is 29.9. The van der Waals surface area contributed by atoms with Gasteiger partial charge in [-0.05, 0) is 37.3 Å². The summed E-state index contributed by atoms with van der Waals surface area (Å²) >= 11 is 1.49. The second-order valence-electron chi connectivity index (χ2n) is 7.20. The van der Waals surface area contributed by atoms with Gasteiger partial charge in [0.1, 0.15) is 11.5 Å². The van der Waals surface area contributed by atoms with Crippen LogP contribution in [-0.2, 0) is 0 Å². The van der Waals surface area contributed by atoms with Gasteiger partial charge in [0.15, 0.2) is 5.13 Å². The quantitative estimate of drug-likeness (QED) is 0.423. The van der Waals surface area contributed by atoms with Crippen LogP contribution in [0.5, 0.6) is 0 Å². The zero-order valence-corrected chi connectivity index (χ0v) is 17.3. The Balaban J connectivity index is 1.53. The van der Waals surface area contributed by atoms with E-state index in [1.807, 2.05) is 17.2 Å². The van der Waals surface area contributed by atoms with E-state index in [-0.39, 0.29) is 23.2 Å². The molecule has 1 aliphatic heterocycles. The molecule has 0 N–H and O–H groups in total. The van der Waals surface area contributed by atoms with Crippen molar-refractivity contribution < 1.29 is 14.2 Å². The second-order valence-corrected chi connectivity index (χ2v) is 8.03. The number of halogens is 1. The number of thiazole rings is 1. The maximum Gasteiger partial charge on any atom is 0.299 e. The highest BCUT2D eigenvalue weighted by atomic mass is 32.1. The molecule has 0 saturated carbocycles. The Morgan fingerprint density at radius 3 is 2.48 bits per heavy atom. The van der Waals surface area contributed by atoms with Crippen molar-refractivity contribution in [2.45, 2.75) is 13.0 Å². The molecule has 0 radical (unpaired) electrons. The first-order chi connectivity index (χ1) is 14.8. The first kappa shape index (κ1) is 20.7. The van der Waals surface area contributed by atoms with Gasteiger partial charge in [0.2, 0.25) is 0 Å². The summed E-state index contributed by atoms with van der Waals surface area (Å²) in [5.41, 5.74) is 1.38. The van der Waals surface area contributed by atoms with Crippen LogP contribution >= 0.6 is 11.3 Å². The normalized spacial score (nSPS) is 16.4. The summed E-state index contributed by atoms with van der Waals surface area (Å²) in [6, 6.07) is 9.90. The molecule has 2 aromatic carbocycles. The molecule has 11 heteroatoms. The van der Waals surface area contributed by atoms with Crippen LogP contribution in [0.4, 0.5) is 26.6 Å². The summed E-state index contributed by atoms with van der Waals surface area (Å²) in [6.07, 6.45) is 0. The highest BCUT2D eigenvalue weighted by Gasteiger charge is 2.30. The molecule has 1 aromatic heterocycles. The largest absolute Gasteiger partial charge is 0.362 e. The average molecular weight is 443 g/mol. The number of nitro groups is 2. The first-order valence-electron chi connectivity index (χ1n) is 9.49. The Kier molecular flexibility index (Phi) is 5.51. The second kappa shape index (κ2) is 8.26. The third-order valence-electron chi connectivity index (χ3n) is 5.21. The SMILES string of the molecule is C[C@H]1CN(c2ccc([N+](=O)[O-])cc2[N+](=O)[O-])CCN1c1nc(-c2ccc(F)cc2)cs1. The fraction of sp³-hybridized carbons (Fsp3) is 0.250. The maximum absolute atomic E-state index is 13.2. The van der Waals surface area contributed by atoms with E-state index in [1.165, 1.54) is 35.6 Å². The Labute approximate surface area is 180 Å². The molecule has 1 fully saturated rings. The predicted molar refractivity (Wildman–Crippen MR) is 116 cm³/mol. The summed E-state index contributed by atoms with van der Waals surface area (Å²) < 4.78 is 13.2. The van der Waals surface area contributed by atoms with Crippen LogP contribution in [0.3, 0.4) is 0 Å². The number of nitro benzene ring substituents is 2. The van der Waals surface area contributed by atoms with Crippen LogP contribution in [0.25, 0.3) is 11.3 Å². The van der Waals surface area contributed by atoms with Gasteiger partial charge in [0.25, 0.3) is 11.4 Å². The van der Waals surface area contributed by atoms with Crippen molar-refractivity contribution in [1.29, 1.82) is 0 Å². The molecule has 31 heavy (non-hydrogen) atoms. The van der Waals surface area contributed by atoms with Gasteiger partial charge in [-0.3, -0.25) is 20.2 Å².